The molecule has 3 aromatic rings. The molecule has 1 aliphatic rings. The van der Waals surface area contributed by atoms with Gasteiger partial charge in [0.05, 0.1) is 5.69 Å². The predicted octanol–water partition coefficient (Wildman–Crippen LogP) is 5.14. The van der Waals surface area contributed by atoms with Crippen LogP contribution in [0.15, 0.2) is 76.8 Å². The highest BCUT2D eigenvalue weighted by Gasteiger charge is 2.37. The van der Waals surface area contributed by atoms with Crippen molar-refractivity contribution in [3.05, 3.63) is 99.3 Å². The number of benzene rings is 3. The zero-order valence-corrected chi connectivity index (χ0v) is 19.1. The SMILES string of the molecule is Cc1ccc(N2C(=O)NC(=O)/C(=C\c3cc(Br)ccc3OCc3ccccc3F)C2=O)cc1. The second kappa shape index (κ2) is 9.38. The molecule has 0 aliphatic carbocycles. The number of imide groups is 2. The number of carbonyl (C=O) groups is 3. The number of anilines is 1. The lowest BCUT2D eigenvalue weighted by Gasteiger charge is -2.26. The molecule has 33 heavy (non-hydrogen) atoms. The quantitative estimate of drug-likeness (QED) is 0.382. The number of urea groups is 1. The molecule has 0 aromatic heterocycles. The first-order chi connectivity index (χ1) is 15.8. The zero-order chi connectivity index (χ0) is 23.5. The fourth-order valence-electron chi connectivity index (χ4n) is 3.28. The number of nitrogens with zero attached hydrogens (tertiary/aromatic N) is 1. The maximum Gasteiger partial charge on any atom is 0.335 e. The van der Waals surface area contributed by atoms with E-state index in [1.165, 1.54) is 12.1 Å². The second-order valence-electron chi connectivity index (χ2n) is 7.36. The van der Waals surface area contributed by atoms with E-state index in [0.717, 1.165) is 10.5 Å². The van der Waals surface area contributed by atoms with E-state index < -0.39 is 23.7 Å². The molecule has 0 unspecified atom stereocenters. The van der Waals surface area contributed by atoms with Gasteiger partial charge < -0.3 is 4.74 Å². The van der Waals surface area contributed by atoms with Crippen molar-refractivity contribution in [2.24, 2.45) is 0 Å². The smallest absolute Gasteiger partial charge is 0.335 e. The Morgan fingerprint density at radius 3 is 2.48 bits per heavy atom. The number of nitrogens with one attached hydrogen (secondary N) is 1. The van der Waals surface area contributed by atoms with E-state index in [2.05, 4.69) is 21.2 Å². The van der Waals surface area contributed by atoms with Crippen molar-refractivity contribution >= 4 is 45.5 Å². The van der Waals surface area contributed by atoms with Crippen LogP contribution < -0.4 is 15.0 Å². The average molecular weight is 509 g/mol. The van der Waals surface area contributed by atoms with E-state index in [1.807, 2.05) is 6.92 Å². The summed E-state index contributed by atoms with van der Waals surface area (Å²) in [6.07, 6.45) is 1.35. The van der Waals surface area contributed by atoms with Crippen LogP contribution in [0.5, 0.6) is 5.75 Å². The first kappa shape index (κ1) is 22.4. The summed E-state index contributed by atoms with van der Waals surface area (Å²) in [5.41, 5.74) is 1.84. The Kier molecular flexibility index (Phi) is 6.37. The first-order valence-electron chi connectivity index (χ1n) is 9.97. The zero-order valence-electron chi connectivity index (χ0n) is 17.5. The van der Waals surface area contributed by atoms with Crippen LogP contribution in [0.1, 0.15) is 16.7 Å². The molecular formula is C25H18BrFN2O4. The van der Waals surface area contributed by atoms with Crippen LogP contribution in [-0.2, 0) is 16.2 Å². The average Bonchev–Trinajstić information content (AvgIpc) is 2.78. The Bertz CT molecular complexity index is 1290. The number of aryl methyl sites for hydroxylation is 1. The van der Waals surface area contributed by atoms with Gasteiger partial charge in [0.2, 0.25) is 0 Å². The van der Waals surface area contributed by atoms with Gasteiger partial charge in [-0.05, 0) is 49.4 Å². The number of barbiturate groups is 1. The van der Waals surface area contributed by atoms with Crippen LogP contribution in [0.25, 0.3) is 6.08 Å². The lowest BCUT2D eigenvalue weighted by molar-refractivity contribution is -0.122. The van der Waals surface area contributed by atoms with Crippen molar-refractivity contribution in [2.45, 2.75) is 13.5 Å². The molecule has 0 spiro atoms. The predicted molar refractivity (Wildman–Crippen MR) is 125 cm³/mol. The minimum atomic E-state index is -0.823. The van der Waals surface area contributed by atoms with Crippen molar-refractivity contribution in [2.75, 3.05) is 4.90 Å². The molecule has 0 radical (unpaired) electrons. The Morgan fingerprint density at radius 1 is 1.03 bits per heavy atom. The van der Waals surface area contributed by atoms with E-state index in [0.29, 0.717) is 27.0 Å². The molecule has 166 valence electrons. The standard InChI is InChI=1S/C25H18BrFN2O4/c1-15-6-9-19(10-7-15)29-24(31)20(23(30)28-25(29)32)13-17-12-18(26)8-11-22(17)33-14-16-4-2-3-5-21(16)27/h2-13H,14H2,1H3,(H,28,30,32)/b20-13+. The lowest BCUT2D eigenvalue weighted by atomic mass is 10.1. The molecule has 3 aromatic carbocycles. The molecule has 8 heteroatoms. The summed E-state index contributed by atoms with van der Waals surface area (Å²) in [5.74, 6) is -1.63. The molecule has 1 N–H and O–H groups in total. The maximum absolute atomic E-state index is 14.0. The largest absolute Gasteiger partial charge is 0.488 e. The van der Waals surface area contributed by atoms with Crippen LogP contribution in [0, 0.1) is 12.7 Å². The van der Waals surface area contributed by atoms with Gasteiger partial charge in [0.15, 0.2) is 0 Å². The summed E-state index contributed by atoms with van der Waals surface area (Å²) >= 11 is 3.37. The molecule has 0 saturated carbocycles. The van der Waals surface area contributed by atoms with Gasteiger partial charge in [0, 0.05) is 15.6 Å². The number of hydrogen-bond acceptors (Lipinski definition) is 4. The summed E-state index contributed by atoms with van der Waals surface area (Å²) < 4.78 is 20.4. The summed E-state index contributed by atoms with van der Waals surface area (Å²) in [6.45, 7) is 1.84. The first-order valence-corrected chi connectivity index (χ1v) is 10.8. The summed E-state index contributed by atoms with van der Waals surface area (Å²) in [6, 6.07) is 17.2. The third-order valence-electron chi connectivity index (χ3n) is 5.01. The molecule has 0 atom stereocenters. The minimum absolute atomic E-state index is 0.0431. The fourth-order valence-corrected chi connectivity index (χ4v) is 3.65. The highest BCUT2D eigenvalue weighted by atomic mass is 79.9. The molecule has 1 aliphatic heterocycles. The van der Waals surface area contributed by atoms with Crippen LogP contribution >= 0.6 is 15.9 Å². The van der Waals surface area contributed by atoms with Gasteiger partial charge in [0.25, 0.3) is 11.8 Å². The van der Waals surface area contributed by atoms with E-state index in [1.54, 1.807) is 60.7 Å². The molecule has 1 saturated heterocycles. The van der Waals surface area contributed by atoms with Gasteiger partial charge in [-0.25, -0.2) is 14.1 Å². The number of carbonyl (C=O) groups excluding carboxylic acids is 3. The monoisotopic (exact) mass is 508 g/mol. The Hall–Kier alpha value is -3.78. The Balaban J connectivity index is 1.68. The molecule has 4 rings (SSSR count). The van der Waals surface area contributed by atoms with Crippen LogP contribution in [-0.4, -0.2) is 17.8 Å². The van der Waals surface area contributed by atoms with E-state index in [-0.39, 0.29) is 12.2 Å². The number of rotatable bonds is 5. The third-order valence-corrected chi connectivity index (χ3v) is 5.50. The van der Waals surface area contributed by atoms with Gasteiger partial charge in [0.1, 0.15) is 23.7 Å². The van der Waals surface area contributed by atoms with Crippen molar-refractivity contribution < 1.29 is 23.5 Å². The van der Waals surface area contributed by atoms with Crippen molar-refractivity contribution in [1.29, 1.82) is 0 Å². The Morgan fingerprint density at radius 2 is 1.76 bits per heavy atom. The number of hydrogen-bond donors (Lipinski definition) is 1. The van der Waals surface area contributed by atoms with Crippen molar-refractivity contribution in [1.82, 2.24) is 5.32 Å². The van der Waals surface area contributed by atoms with Crippen LogP contribution in [0.4, 0.5) is 14.9 Å². The van der Waals surface area contributed by atoms with Crippen molar-refractivity contribution in [3.63, 3.8) is 0 Å². The minimum Gasteiger partial charge on any atom is -0.488 e. The summed E-state index contributed by atoms with van der Waals surface area (Å²) in [5, 5.41) is 2.20. The lowest BCUT2D eigenvalue weighted by Crippen LogP contribution is -2.54. The highest BCUT2D eigenvalue weighted by Crippen LogP contribution is 2.29. The number of amides is 4. The summed E-state index contributed by atoms with van der Waals surface area (Å²) in [7, 11) is 0. The summed E-state index contributed by atoms with van der Waals surface area (Å²) in [4.78, 5) is 38.9. The normalized spacial score (nSPS) is 15.1. The van der Waals surface area contributed by atoms with E-state index in [4.69, 9.17) is 4.74 Å². The van der Waals surface area contributed by atoms with Gasteiger partial charge in [-0.3, -0.25) is 14.9 Å². The maximum atomic E-state index is 14.0. The van der Waals surface area contributed by atoms with Gasteiger partial charge in [-0.15, -0.1) is 0 Å². The van der Waals surface area contributed by atoms with Crippen LogP contribution in [0.3, 0.4) is 0 Å². The fraction of sp³-hybridized carbons (Fsp3) is 0.0800. The molecule has 0 bridgehead atoms. The molecule has 6 nitrogen and oxygen atoms in total. The van der Waals surface area contributed by atoms with Gasteiger partial charge in [-0.2, -0.15) is 0 Å². The highest BCUT2D eigenvalue weighted by molar-refractivity contribution is 9.10. The molecule has 1 fully saturated rings. The second-order valence-corrected chi connectivity index (χ2v) is 8.27. The van der Waals surface area contributed by atoms with E-state index in [9.17, 15) is 18.8 Å². The third kappa shape index (κ3) is 4.85. The topological polar surface area (TPSA) is 75.7 Å². The molecule has 1 heterocycles. The number of ether oxygens (including phenoxy) is 1. The number of halogens is 2. The molecular weight excluding hydrogens is 491 g/mol. The van der Waals surface area contributed by atoms with E-state index >= 15 is 0 Å². The van der Waals surface area contributed by atoms with Gasteiger partial charge in [-0.1, -0.05) is 51.8 Å². The molecule has 4 amide bonds. The Labute approximate surface area is 197 Å². The van der Waals surface area contributed by atoms with Crippen molar-refractivity contribution in [3.8, 4) is 5.75 Å². The van der Waals surface area contributed by atoms with Gasteiger partial charge >= 0.3 is 6.03 Å². The van der Waals surface area contributed by atoms with Crippen LogP contribution in [0.2, 0.25) is 0 Å².